The van der Waals surface area contributed by atoms with Gasteiger partial charge in [-0.2, -0.15) is 0 Å². The largest absolute Gasteiger partial charge is 0.463 e. The van der Waals surface area contributed by atoms with Gasteiger partial charge in [-0.15, -0.1) is 0 Å². The molecule has 15 atom stereocenters. The molecule has 210 valence electrons. The van der Waals surface area contributed by atoms with Crippen LogP contribution in [0.4, 0.5) is 0 Å². The predicted molar refractivity (Wildman–Crippen MR) is 109 cm³/mol. The van der Waals surface area contributed by atoms with Crippen LogP contribution in [0.1, 0.15) is 13.8 Å². The van der Waals surface area contributed by atoms with Crippen molar-refractivity contribution < 1.29 is 79.2 Å². The SMILES string of the molecule is CC(=O)OC[C@H]1O[C@@H](OC[C@H]2O[C@@H](O)[C@H](O)[C@@H](O)[C@@H]2O)[C@H](O)[C@@H](O)[C@@H]1O[C@@H]1O[C@@H](C)[C@H](O)[C@@H](O)[C@H]1O. The zero-order valence-corrected chi connectivity index (χ0v) is 19.5. The van der Waals surface area contributed by atoms with E-state index in [1.54, 1.807) is 0 Å². The lowest BCUT2D eigenvalue weighted by molar-refractivity contribution is -0.361. The van der Waals surface area contributed by atoms with E-state index in [2.05, 4.69) is 0 Å². The Balaban J connectivity index is 1.69. The van der Waals surface area contributed by atoms with Crippen LogP contribution in [-0.4, -0.2) is 157 Å². The van der Waals surface area contributed by atoms with Gasteiger partial charge in [-0.1, -0.05) is 0 Å². The predicted octanol–water partition coefficient (Wildman–Crippen LogP) is -5.97. The number of rotatable bonds is 7. The first-order chi connectivity index (χ1) is 16.8. The van der Waals surface area contributed by atoms with Crippen LogP contribution >= 0.6 is 0 Å². The molecule has 3 saturated heterocycles. The number of hydrogen-bond acceptors (Lipinski definition) is 16. The van der Waals surface area contributed by atoms with Gasteiger partial charge in [0.25, 0.3) is 0 Å². The fraction of sp³-hybridized carbons (Fsp3) is 0.950. The smallest absolute Gasteiger partial charge is 0.302 e. The van der Waals surface area contributed by atoms with Crippen LogP contribution in [0.5, 0.6) is 0 Å². The first-order valence-corrected chi connectivity index (χ1v) is 11.3. The summed E-state index contributed by atoms with van der Waals surface area (Å²) in [5, 5.41) is 90.4. The molecule has 0 aromatic rings. The van der Waals surface area contributed by atoms with Gasteiger partial charge in [0.1, 0.15) is 73.8 Å². The summed E-state index contributed by atoms with van der Waals surface area (Å²) in [6.45, 7) is 1.44. The number of hydrogen-bond donors (Lipinski definition) is 9. The van der Waals surface area contributed by atoms with Crippen molar-refractivity contribution in [2.45, 2.75) is 106 Å². The molecule has 3 fully saturated rings. The van der Waals surface area contributed by atoms with Crippen molar-refractivity contribution in [3.8, 4) is 0 Å². The topological polar surface area (TPSA) is 255 Å². The van der Waals surface area contributed by atoms with E-state index in [0.717, 1.165) is 6.92 Å². The first-order valence-electron chi connectivity index (χ1n) is 11.3. The van der Waals surface area contributed by atoms with E-state index in [1.165, 1.54) is 6.92 Å². The number of ether oxygens (including phenoxy) is 6. The molecule has 36 heavy (non-hydrogen) atoms. The molecule has 3 aliphatic heterocycles. The molecule has 3 rings (SSSR count). The summed E-state index contributed by atoms with van der Waals surface area (Å²) < 4.78 is 31.8. The van der Waals surface area contributed by atoms with Crippen LogP contribution in [0.15, 0.2) is 0 Å². The summed E-state index contributed by atoms with van der Waals surface area (Å²) in [6, 6.07) is 0. The van der Waals surface area contributed by atoms with E-state index in [0.29, 0.717) is 0 Å². The Labute approximate surface area is 205 Å². The van der Waals surface area contributed by atoms with Crippen LogP contribution in [0.3, 0.4) is 0 Å². The number of aliphatic hydroxyl groups is 9. The molecular weight excluding hydrogens is 496 g/mol. The summed E-state index contributed by atoms with van der Waals surface area (Å²) in [4.78, 5) is 11.3. The Bertz CT molecular complexity index is 724. The van der Waals surface area contributed by atoms with Crippen molar-refractivity contribution >= 4 is 5.97 Å². The summed E-state index contributed by atoms with van der Waals surface area (Å²) >= 11 is 0. The van der Waals surface area contributed by atoms with E-state index in [1.807, 2.05) is 0 Å². The second-order valence-electron chi connectivity index (χ2n) is 8.98. The Morgan fingerprint density at radius 2 is 1.28 bits per heavy atom. The van der Waals surface area contributed by atoms with Crippen LogP contribution in [0, 0.1) is 0 Å². The molecule has 0 aliphatic carbocycles. The van der Waals surface area contributed by atoms with Crippen LogP contribution in [-0.2, 0) is 33.2 Å². The Kier molecular flexibility index (Phi) is 9.97. The van der Waals surface area contributed by atoms with E-state index in [-0.39, 0.29) is 0 Å². The van der Waals surface area contributed by atoms with Gasteiger partial charge in [0.05, 0.1) is 12.7 Å². The molecule has 0 saturated carbocycles. The van der Waals surface area contributed by atoms with Gasteiger partial charge in [-0.3, -0.25) is 4.79 Å². The van der Waals surface area contributed by atoms with Gasteiger partial charge in [0, 0.05) is 6.92 Å². The zero-order chi connectivity index (χ0) is 26.9. The summed E-state index contributed by atoms with van der Waals surface area (Å²) in [6.07, 6.45) is -23.7. The molecule has 16 nitrogen and oxygen atoms in total. The highest BCUT2D eigenvalue weighted by molar-refractivity contribution is 5.65. The Hall–Kier alpha value is -1.09. The van der Waals surface area contributed by atoms with Crippen molar-refractivity contribution in [3.63, 3.8) is 0 Å². The minimum atomic E-state index is -1.83. The van der Waals surface area contributed by atoms with E-state index in [4.69, 9.17) is 28.4 Å². The highest BCUT2D eigenvalue weighted by Crippen LogP contribution is 2.30. The molecule has 0 radical (unpaired) electrons. The summed E-state index contributed by atoms with van der Waals surface area (Å²) in [7, 11) is 0. The lowest BCUT2D eigenvalue weighted by Crippen LogP contribution is -2.64. The average molecular weight is 530 g/mol. The molecule has 0 bridgehead atoms. The monoisotopic (exact) mass is 530 g/mol. The van der Waals surface area contributed by atoms with E-state index >= 15 is 0 Å². The summed E-state index contributed by atoms with van der Waals surface area (Å²) in [5.41, 5.74) is 0. The maximum absolute atomic E-state index is 11.3. The van der Waals surface area contributed by atoms with Crippen molar-refractivity contribution in [1.29, 1.82) is 0 Å². The van der Waals surface area contributed by atoms with Crippen molar-refractivity contribution in [2.75, 3.05) is 13.2 Å². The Morgan fingerprint density at radius 3 is 1.92 bits per heavy atom. The van der Waals surface area contributed by atoms with Crippen LogP contribution in [0.25, 0.3) is 0 Å². The van der Waals surface area contributed by atoms with Gasteiger partial charge >= 0.3 is 5.97 Å². The molecule has 0 spiro atoms. The quantitative estimate of drug-likeness (QED) is 0.139. The minimum Gasteiger partial charge on any atom is -0.463 e. The van der Waals surface area contributed by atoms with Crippen molar-refractivity contribution in [2.24, 2.45) is 0 Å². The van der Waals surface area contributed by atoms with E-state index < -0.39 is 111 Å². The van der Waals surface area contributed by atoms with Gasteiger partial charge in [0.15, 0.2) is 18.9 Å². The lowest BCUT2D eigenvalue weighted by Gasteiger charge is -2.46. The second-order valence-corrected chi connectivity index (χ2v) is 8.98. The molecular formula is C20H34O16. The average Bonchev–Trinajstić information content (AvgIpc) is 2.83. The minimum absolute atomic E-state index is 0.501. The highest BCUT2D eigenvalue weighted by Gasteiger charge is 2.51. The highest BCUT2D eigenvalue weighted by atomic mass is 16.7. The number of carbonyl (C=O) groups excluding carboxylic acids is 1. The van der Waals surface area contributed by atoms with Crippen LogP contribution in [0.2, 0.25) is 0 Å². The molecule has 3 heterocycles. The fourth-order valence-corrected chi connectivity index (χ4v) is 4.08. The molecule has 9 N–H and O–H groups in total. The number of esters is 1. The fourth-order valence-electron chi connectivity index (χ4n) is 4.08. The lowest BCUT2D eigenvalue weighted by atomic mass is 9.97. The molecule has 0 unspecified atom stereocenters. The third kappa shape index (κ3) is 6.30. The molecule has 0 amide bonds. The number of carbonyl (C=O) groups is 1. The van der Waals surface area contributed by atoms with Gasteiger partial charge in [-0.05, 0) is 6.92 Å². The maximum Gasteiger partial charge on any atom is 0.302 e. The summed E-state index contributed by atoms with van der Waals surface area (Å²) in [5.74, 6) is -0.711. The standard InChI is InChI=1S/C20H34O16/c1-5-9(22)11(24)15(28)20(33-5)36-17-8(4-31-6(2)21)35-19(16(29)13(17)26)32-3-7-10(23)12(25)14(27)18(30)34-7/h5,7-20,22-30H,3-4H2,1-2H3/t5-,7+,8+,9-,10+,11+,12-,13+,14+,15+,16+,17+,18+,19+,20-/m0/s1. The normalized spacial score (nSPS) is 50.0. The third-order valence-corrected chi connectivity index (χ3v) is 6.30. The molecule has 0 aromatic carbocycles. The second kappa shape index (κ2) is 12.2. The molecule has 0 aromatic heterocycles. The van der Waals surface area contributed by atoms with Gasteiger partial charge < -0.3 is 74.4 Å². The molecule has 3 aliphatic rings. The third-order valence-electron chi connectivity index (χ3n) is 6.30. The van der Waals surface area contributed by atoms with Gasteiger partial charge in [-0.25, -0.2) is 0 Å². The van der Waals surface area contributed by atoms with Crippen LogP contribution < -0.4 is 0 Å². The number of aliphatic hydroxyl groups excluding tert-OH is 9. The van der Waals surface area contributed by atoms with E-state index in [9.17, 15) is 50.8 Å². The van der Waals surface area contributed by atoms with Gasteiger partial charge in [0.2, 0.25) is 0 Å². The molecule has 16 heteroatoms. The van der Waals surface area contributed by atoms with Crippen molar-refractivity contribution in [1.82, 2.24) is 0 Å². The van der Waals surface area contributed by atoms with Crippen molar-refractivity contribution in [3.05, 3.63) is 0 Å². The first kappa shape index (κ1) is 29.5. The zero-order valence-electron chi connectivity index (χ0n) is 19.5. The Morgan fingerprint density at radius 1 is 0.667 bits per heavy atom. The maximum atomic E-state index is 11.3.